The third kappa shape index (κ3) is 5.18. The van der Waals surface area contributed by atoms with E-state index in [1.165, 1.54) is 36.2 Å². The summed E-state index contributed by atoms with van der Waals surface area (Å²) in [6, 6.07) is 5.75. The van der Waals surface area contributed by atoms with Gasteiger partial charge in [-0.3, -0.25) is 14.5 Å². The highest BCUT2D eigenvalue weighted by molar-refractivity contribution is 7.98. The highest BCUT2D eigenvalue weighted by atomic mass is 35.5. The number of rotatable bonds is 5. The molecule has 2 heterocycles. The van der Waals surface area contributed by atoms with Gasteiger partial charge in [-0.15, -0.1) is 0 Å². The summed E-state index contributed by atoms with van der Waals surface area (Å²) in [4.78, 5) is 36.7. The molecule has 0 saturated carbocycles. The smallest absolute Gasteiger partial charge is 0.274 e. The molecule has 2 aromatic rings. The molecular weight excluding hydrogens is 405 g/mol. The van der Waals surface area contributed by atoms with Crippen LogP contribution in [0.4, 0.5) is 10.1 Å². The lowest BCUT2D eigenvalue weighted by atomic mass is 10.2. The third-order valence-corrected chi connectivity index (χ3v) is 5.08. The fourth-order valence-corrected chi connectivity index (χ4v) is 3.34. The second-order valence-electron chi connectivity index (χ2n) is 6.18. The minimum Gasteiger partial charge on any atom is -0.335 e. The van der Waals surface area contributed by atoms with E-state index >= 15 is 0 Å². The van der Waals surface area contributed by atoms with Crippen LogP contribution in [0.15, 0.2) is 35.6 Å². The minimum atomic E-state index is -0.405. The number of carbonyl (C=O) groups is 2. The van der Waals surface area contributed by atoms with Crippen molar-refractivity contribution in [2.45, 2.75) is 5.16 Å². The summed E-state index contributed by atoms with van der Waals surface area (Å²) in [5, 5.41) is 3.38. The Labute approximate surface area is 171 Å². The first-order valence-electron chi connectivity index (χ1n) is 8.60. The summed E-state index contributed by atoms with van der Waals surface area (Å²) in [5.41, 5.74) is 0.611. The fraction of sp³-hybridized carbons (Fsp3) is 0.333. The second kappa shape index (κ2) is 9.31. The largest absolute Gasteiger partial charge is 0.335 e. The van der Waals surface area contributed by atoms with Crippen molar-refractivity contribution in [1.82, 2.24) is 19.8 Å². The van der Waals surface area contributed by atoms with Gasteiger partial charge in [0.1, 0.15) is 5.82 Å². The van der Waals surface area contributed by atoms with Gasteiger partial charge in [0.2, 0.25) is 5.91 Å². The highest BCUT2D eigenvalue weighted by Crippen LogP contribution is 2.19. The van der Waals surface area contributed by atoms with E-state index in [1.54, 1.807) is 11.0 Å². The van der Waals surface area contributed by atoms with Crippen molar-refractivity contribution in [2.24, 2.45) is 0 Å². The Kier molecular flexibility index (Phi) is 6.82. The van der Waals surface area contributed by atoms with Gasteiger partial charge < -0.3 is 10.2 Å². The van der Waals surface area contributed by atoms with Crippen molar-refractivity contribution >= 4 is 40.9 Å². The number of nitrogens with one attached hydrogen (secondary N) is 1. The Balaban J connectivity index is 1.53. The van der Waals surface area contributed by atoms with E-state index in [2.05, 4.69) is 15.3 Å². The van der Waals surface area contributed by atoms with Crippen LogP contribution in [0.5, 0.6) is 0 Å². The van der Waals surface area contributed by atoms with Gasteiger partial charge in [0, 0.05) is 31.9 Å². The molecule has 0 aliphatic carbocycles. The molecule has 1 aliphatic rings. The number of halogens is 2. The summed E-state index contributed by atoms with van der Waals surface area (Å²) in [6.45, 7) is 2.17. The molecule has 0 radical (unpaired) electrons. The molecule has 1 aliphatic heterocycles. The van der Waals surface area contributed by atoms with Gasteiger partial charge in [-0.05, 0) is 24.5 Å². The molecule has 1 aromatic carbocycles. The summed E-state index contributed by atoms with van der Waals surface area (Å²) in [6.07, 6.45) is 3.26. The molecule has 28 heavy (non-hydrogen) atoms. The Morgan fingerprint density at radius 2 is 2.04 bits per heavy atom. The van der Waals surface area contributed by atoms with Crippen LogP contribution in [-0.4, -0.2) is 70.6 Å². The molecule has 0 bridgehead atoms. The van der Waals surface area contributed by atoms with Crippen LogP contribution in [0.3, 0.4) is 0 Å². The van der Waals surface area contributed by atoms with Crippen molar-refractivity contribution in [3.05, 3.63) is 47.0 Å². The minimum absolute atomic E-state index is 0.170. The van der Waals surface area contributed by atoms with Gasteiger partial charge in [-0.1, -0.05) is 29.4 Å². The number of hydrogen-bond acceptors (Lipinski definition) is 6. The molecule has 148 valence electrons. The average molecular weight is 424 g/mol. The van der Waals surface area contributed by atoms with Crippen LogP contribution >= 0.6 is 23.4 Å². The van der Waals surface area contributed by atoms with Gasteiger partial charge >= 0.3 is 0 Å². The molecule has 0 spiro atoms. The van der Waals surface area contributed by atoms with Crippen molar-refractivity contribution < 1.29 is 14.0 Å². The maximum absolute atomic E-state index is 13.2. The first kappa shape index (κ1) is 20.5. The predicted molar refractivity (Wildman–Crippen MR) is 106 cm³/mol. The van der Waals surface area contributed by atoms with Gasteiger partial charge in [-0.25, -0.2) is 14.4 Å². The normalized spacial score (nSPS) is 14.8. The van der Waals surface area contributed by atoms with Crippen molar-refractivity contribution in [2.75, 3.05) is 44.3 Å². The number of piperazine rings is 1. The molecule has 2 amide bonds. The van der Waals surface area contributed by atoms with E-state index in [9.17, 15) is 14.0 Å². The summed E-state index contributed by atoms with van der Waals surface area (Å²) < 4.78 is 13.2. The van der Waals surface area contributed by atoms with Crippen molar-refractivity contribution in [3.8, 4) is 0 Å². The monoisotopic (exact) mass is 423 g/mol. The zero-order valence-corrected chi connectivity index (χ0v) is 16.8. The van der Waals surface area contributed by atoms with E-state index in [-0.39, 0.29) is 29.1 Å². The molecule has 7 nitrogen and oxygen atoms in total. The molecule has 10 heteroatoms. The van der Waals surface area contributed by atoms with Gasteiger partial charge in [0.15, 0.2) is 10.9 Å². The molecule has 3 rings (SSSR count). The lowest BCUT2D eigenvalue weighted by molar-refractivity contribution is -0.117. The molecule has 1 N–H and O–H groups in total. The zero-order chi connectivity index (χ0) is 20.1. The number of benzene rings is 1. The maximum atomic E-state index is 13.2. The number of anilines is 1. The summed E-state index contributed by atoms with van der Waals surface area (Å²) in [5.74, 6) is -0.877. The lowest BCUT2D eigenvalue weighted by Gasteiger charge is -2.34. The molecule has 1 fully saturated rings. The van der Waals surface area contributed by atoms with E-state index in [1.807, 2.05) is 11.2 Å². The number of aromatic nitrogens is 2. The SMILES string of the molecule is CSc1ncc(Cl)c(C(=O)N2CCN(CC(=O)Nc3cccc(F)c3)CC2)n1. The zero-order valence-electron chi connectivity index (χ0n) is 15.2. The molecule has 0 atom stereocenters. The first-order chi connectivity index (χ1) is 13.5. The van der Waals surface area contributed by atoms with Crippen LogP contribution < -0.4 is 5.32 Å². The number of carbonyl (C=O) groups excluding carboxylic acids is 2. The predicted octanol–water partition coefficient (Wildman–Crippen LogP) is 2.39. The number of thioether (sulfide) groups is 1. The highest BCUT2D eigenvalue weighted by Gasteiger charge is 2.26. The van der Waals surface area contributed by atoms with E-state index in [4.69, 9.17) is 11.6 Å². The average Bonchev–Trinajstić information content (AvgIpc) is 2.68. The Morgan fingerprint density at radius 3 is 2.71 bits per heavy atom. The molecular formula is C18H19ClFN5O2S. The van der Waals surface area contributed by atoms with Gasteiger partial charge in [0.05, 0.1) is 17.8 Å². The Hall–Kier alpha value is -2.23. The molecule has 1 saturated heterocycles. The van der Waals surface area contributed by atoms with Crippen molar-refractivity contribution in [1.29, 1.82) is 0 Å². The van der Waals surface area contributed by atoms with Crippen LogP contribution in [-0.2, 0) is 4.79 Å². The third-order valence-electron chi connectivity index (χ3n) is 4.24. The Bertz CT molecular complexity index is 877. The van der Waals surface area contributed by atoms with E-state index in [0.29, 0.717) is 37.0 Å². The van der Waals surface area contributed by atoms with Crippen LogP contribution in [0.25, 0.3) is 0 Å². The van der Waals surface area contributed by atoms with E-state index in [0.717, 1.165) is 0 Å². The summed E-state index contributed by atoms with van der Waals surface area (Å²) in [7, 11) is 0. The number of hydrogen-bond donors (Lipinski definition) is 1. The van der Waals surface area contributed by atoms with Gasteiger partial charge in [0.25, 0.3) is 5.91 Å². The molecule has 0 unspecified atom stereocenters. The number of nitrogens with zero attached hydrogens (tertiary/aromatic N) is 4. The van der Waals surface area contributed by atoms with E-state index < -0.39 is 5.82 Å². The lowest BCUT2D eigenvalue weighted by Crippen LogP contribution is -2.50. The van der Waals surface area contributed by atoms with Crippen molar-refractivity contribution in [3.63, 3.8) is 0 Å². The maximum Gasteiger partial charge on any atom is 0.274 e. The van der Waals surface area contributed by atoms with Crippen LogP contribution in [0, 0.1) is 5.82 Å². The Morgan fingerprint density at radius 1 is 1.29 bits per heavy atom. The first-order valence-corrected chi connectivity index (χ1v) is 10.2. The second-order valence-corrected chi connectivity index (χ2v) is 7.36. The quantitative estimate of drug-likeness (QED) is 0.587. The number of amides is 2. The van der Waals surface area contributed by atoms with Crippen LogP contribution in [0.1, 0.15) is 10.5 Å². The topological polar surface area (TPSA) is 78.4 Å². The fourth-order valence-electron chi connectivity index (χ4n) is 2.83. The molecule has 1 aromatic heterocycles. The van der Waals surface area contributed by atoms with Crippen LogP contribution in [0.2, 0.25) is 5.02 Å². The van der Waals surface area contributed by atoms with Gasteiger partial charge in [-0.2, -0.15) is 0 Å². The standard InChI is InChI=1S/C18H19ClFN5O2S/c1-28-18-21-10-14(19)16(23-18)17(27)25-7-5-24(6-8-25)11-15(26)22-13-4-2-3-12(20)9-13/h2-4,9-10H,5-8,11H2,1H3,(H,22,26). The summed E-state index contributed by atoms with van der Waals surface area (Å²) >= 11 is 7.42.